The van der Waals surface area contributed by atoms with Crippen molar-refractivity contribution in [2.45, 2.75) is 6.42 Å². The van der Waals surface area contributed by atoms with E-state index in [0.717, 1.165) is 5.69 Å². The van der Waals surface area contributed by atoms with Crippen LogP contribution in [-0.4, -0.2) is 22.8 Å². The fourth-order valence-electron chi connectivity index (χ4n) is 2.33. The average Bonchev–Trinajstić information content (AvgIpc) is 3.09. The molecule has 0 saturated heterocycles. The number of ketones is 1. The number of terminal acetylenes is 1. The smallest absolute Gasteiger partial charge is 0.169 e. The Morgan fingerprint density at radius 2 is 2.20 bits per heavy atom. The Labute approximate surface area is 149 Å². The molecule has 6 heteroatoms. The molecule has 0 atom stereocenters. The van der Waals surface area contributed by atoms with Crippen LogP contribution in [-0.2, 0) is 6.42 Å². The van der Waals surface area contributed by atoms with Gasteiger partial charge in [0.05, 0.1) is 18.3 Å². The maximum absolute atomic E-state index is 14.0. The average molecular weight is 351 g/mol. The van der Waals surface area contributed by atoms with Crippen molar-refractivity contribution in [3.8, 4) is 12.3 Å². The van der Waals surface area contributed by atoms with Crippen LogP contribution in [0.1, 0.15) is 21.1 Å². The van der Waals surface area contributed by atoms with Gasteiger partial charge in [-0.05, 0) is 36.3 Å². The first-order valence-electron chi connectivity index (χ1n) is 7.45. The molecule has 0 fully saturated rings. The second kappa shape index (κ2) is 7.24. The van der Waals surface area contributed by atoms with Crippen LogP contribution in [0, 0.1) is 18.2 Å². The fourth-order valence-corrected chi connectivity index (χ4v) is 3.06. The van der Waals surface area contributed by atoms with Crippen LogP contribution in [0.4, 0.5) is 15.8 Å². The highest BCUT2D eigenvalue weighted by atomic mass is 32.1. The molecule has 1 aromatic carbocycles. The van der Waals surface area contributed by atoms with Crippen LogP contribution in [0.3, 0.4) is 0 Å². The van der Waals surface area contributed by atoms with Crippen LogP contribution in [0.15, 0.2) is 48.1 Å². The van der Waals surface area contributed by atoms with Crippen molar-refractivity contribution in [1.29, 1.82) is 0 Å². The molecule has 0 N–H and O–H groups in total. The number of thiazole rings is 1. The summed E-state index contributed by atoms with van der Waals surface area (Å²) >= 11 is 1.32. The molecule has 0 aliphatic carbocycles. The second-order valence-corrected chi connectivity index (χ2v) is 6.28. The standard InChI is InChI=1S/C19H14FN3OS/c1-3-15-12-25-19(22-15)10-18(24)13-7-14(20)9-17(8-13)23(2)16-5-4-6-21-11-16/h1,4-9,11-12H,10H2,2H3. The number of rotatable bonds is 5. The van der Waals surface area contributed by atoms with Gasteiger partial charge in [-0.25, -0.2) is 9.37 Å². The molecule has 0 radical (unpaired) electrons. The quantitative estimate of drug-likeness (QED) is 0.517. The van der Waals surface area contributed by atoms with Gasteiger partial charge in [-0.2, -0.15) is 0 Å². The monoisotopic (exact) mass is 351 g/mol. The van der Waals surface area contributed by atoms with Gasteiger partial charge in [0.2, 0.25) is 0 Å². The third-order valence-corrected chi connectivity index (χ3v) is 4.49. The molecular weight excluding hydrogens is 337 g/mol. The van der Waals surface area contributed by atoms with Crippen LogP contribution < -0.4 is 4.90 Å². The van der Waals surface area contributed by atoms with Crippen LogP contribution in [0.25, 0.3) is 0 Å². The fraction of sp³-hybridized carbons (Fsp3) is 0.105. The SMILES string of the molecule is C#Cc1csc(CC(=O)c2cc(F)cc(N(C)c3cccnc3)c2)n1. The Hall–Kier alpha value is -3.04. The van der Waals surface area contributed by atoms with Crippen LogP contribution in [0.5, 0.6) is 0 Å². The van der Waals surface area contributed by atoms with Crippen molar-refractivity contribution in [2.75, 3.05) is 11.9 Å². The number of hydrogen-bond donors (Lipinski definition) is 0. The zero-order chi connectivity index (χ0) is 17.8. The van der Waals surface area contributed by atoms with Gasteiger partial charge < -0.3 is 4.90 Å². The number of halogens is 1. The van der Waals surface area contributed by atoms with E-state index in [1.807, 2.05) is 6.07 Å². The molecule has 4 nitrogen and oxygen atoms in total. The van der Waals surface area contributed by atoms with Gasteiger partial charge in [-0.15, -0.1) is 17.8 Å². The largest absolute Gasteiger partial charge is 0.343 e. The number of Topliss-reactive ketones (excluding diaryl/α,β-unsaturated/α-hetero) is 1. The second-order valence-electron chi connectivity index (χ2n) is 5.34. The summed E-state index contributed by atoms with van der Waals surface area (Å²) in [7, 11) is 1.79. The number of benzene rings is 1. The molecule has 25 heavy (non-hydrogen) atoms. The molecule has 0 saturated carbocycles. The first kappa shape index (κ1) is 16.8. The lowest BCUT2D eigenvalue weighted by molar-refractivity contribution is 0.0992. The summed E-state index contributed by atoms with van der Waals surface area (Å²) in [6, 6.07) is 7.93. The van der Waals surface area contributed by atoms with Crippen molar-refractivity contribution >= 4 is 28.5 Å². The number of pyridine rings is 1. The minimum absolute atomic E-state index is 0.0891. The maximum Gasteiger partial charge on any atom is 0.169 e. The molecule has 124 valence electrons. The summed E-state index contributed by atoms with van der Waals surface area (Å²) in [4.78, 5) is 22.5. The molecule has 3 aromatic rings. The lowest BCUT2D eigenvalue weighted by Crippen LogP contribution is -2.12. The highest BCUT2D eigenvalue weighted by molar-refractivity contribution is 7.09. The van der Waals surface area contributed by atoms with Crippen LogP contribution in [0.2, 0.25) is 0 Å². The van der Waals surface area contributed by atoms with Gasteiger partial charge >= 0.3 is 0 Å². The molecule has 0 bridgehead atoms. The molecule has 0 aliphatic rings. The van der Waals surface area contributed by atoms with Crippen molar-refractivity contribution in [1.82, 2.24) is 9.97 Å². The normalized spacial score (nSPS) is 10.3. The lowest BCUT2D eigenvalue weighted by Gasteiger charge is -2.19. The van der Waals surface area contributed by atoms with E-state index in [-0.39, 0.29) is 12.2 Å². The molecule has 0 unspecified atom stereocenters. The molecule has 2 aromatic heterocycles. The van der Waals surface area contributed by atoms with E-state index in [1.54, 1.807) is 41.9 Å². The maximum atomic E-state index is 14.0. The summed E-state index contributed by atoms with van der Waals surface area (Å²) in [5.41, 5.74) is 2.16. The number of anilines is 2. The van der Waals surface area contributed by atoms with E-state index in [0.29, 0.717) is 22.0 Å². The Morgan fingerprint density at radius 3 is 2.88 bits per heavy atom. The number of carbonyl (C=O) groups excluding carboxylic acids is 1. The van der Waals surface area contributed by atoms with Gasteiger partial charge in [-0.1, -0.05) is 0 Å². The van der Waals surface area contributed by atoms with E-state index in [4.69, 9.17) is 6.42 Å². The van der Waals surface area contributed by atoms with E-state index in [2.05, 4.69) is 15.9 Å². The molecule has 0 amide bonds. The Kier molecular flexibility index (Phi) is 4.87. The molecule has 0 spiro atoms. The number of aromatic nitrogens is 2. The van der Waals surface area contributed by atoms with Crippen molar-refractivity contribution < 1.29 is 9.18 Å². The zero-order valence-electron chi connectivity index (χ0n) is 13.4. The topological polar surface area (TPSA) is 46.1 Å². The Bertz CT molecular complexity index is 947. The third-order valence-electron chi connectivity index (χ3n) is 3.64. The van der Waals surface area contributed by atoms with Gasteiger partial charge in [0, 0.05) is 29.9 Å². The van der Waals surface area contributed by atoms with E-state index in [1.165, 1.54) is 23.5 Å². The summed E-state index contributed by atoms with van der Waals surface area (Å²) in [6.07, 6.45) is 8.70. The molecule has 0 aliphatic heterocycles. The number of hydrogen-bond acceptors (Lipinski definition) is 5. The predicted octanol–water partition coefficient (Wildman–Crippen LogP) is 3.85. The van der Waals surface area contributed by atoms with Crippen molar-refractivity contribution in [2.24, 2.45) is 0 Å². The Balaban J connectivity index is 1.86. The van der Waals surface area contributed by atoms with Gasteiger partial charge in [0.15, 0.2) is 5.78 Å². The first-order valence-corrected chi connectivity index (χ1v) is 8.33. The molecule has 3 rings (SSSR count). The van der Waals surface area contributed by atoms with E-state index < -0.39 is 5.82 Å². The van der Waals surface area contributed by atoms with Gasteiger partial charge in [0.1, 0.15) is 16.5 Å². The highest BCUT2D eigenvalue weighted by Crippen LogP contribution is 2.25. The summed E-state index contributed by atoms with van der Waals surface area (Å²) in [6.45, 7) is 0. The third kappa shape index (κ3) is 3.90. The summed E-state index contributed by atoms with van der Waals surface area (Å²) < 4.78 is 14.0. The lowest BCUT2D eigenvalue weighted by atomic mass is 10.1. The Morgan fingerprint density at radius 1 is 1.36 bits per heavy atom. The van der Waals surface area contributed by atoms with Crippen molar-refractivity contribution in [3.63, 3.8) is 0 Å². The summed E-state index contributed by atoms with van der Waals surface area (Å²) in [5.74, 6) is 1.74. The predicted molar refractivity (Wildman–Crippen MR) is 96.8 cm³/mol. The zero-order valence-corrected chi connectivity index (χ0v) is 14.3. The van der Waals surface area contributed by atoms with Crippen LogP contribution >= 0.6 is 11.3 Å². The first-order chi connectivity index (χ1) is 12.1. The minimum Gasteiger partial charge on any atom is -0.343 e. The van der Waals surface area contributed by atoms with Gasteiger partial charge in [-0.3, -0.25) is 9.78 Å². The van der Waals surface area contributed by atoms with E-state index >= 15 is 0 Å². The van der Waals surface area contributed by atoms with Crippen molar-refractivity contribution in [3.05, 3.63) is 70.2 Å². The minimum atomic E-state index is -0.472. The summed E-state index contributed by atoms with van der Waals surface area (Å²) in [5, 5.41) is 2.33. The number of nitrogens with zero attached hydrogens (tertiary/aromatic N) is 3. The molecular formula is C19H14FN3OS. The van der Waals surface area contributed by atoms with Gasteiger partial charge in [0.25, 0.3) is 0 Å². The number of carbonyl (C=O) groups is 1. The molecule has 2 heterocycles. The van der Waals surface area contributed by atoms with E-state index in [9.17, 15) is 9.18 Å². The highest BCUT2D eigenvalue weighted by Gasteiger charge is 2.14.